The molecule has 2 aromatic carbocycles. The molecule has 9 heteroatoms. The minimum Gasteiger partial charge on any atom is -0.478 e. The summed E-state index contributed by atoms with van der Waals surface area (Å²) in [5, 5.41) is 20.0. The molecule has 31 heavy (non-hydrogen) atoms. The number of alkyl halides is 2. The maximum absolute atomic E-state index is 14.9. The topological polar surface area (TPSA) is 79.7 Å². The Balaban J connectivity index is 1.67. The number of benzene rings is 2. The van der Waals surface area contributed by atoms with E-state index in [-0.39, 0.29) is 38.4 Å². The van der Waals surface area contributed by atoms with Crippen LogP contribution < -0.4 is 4.74 Å². The van der Waals surface area contributed by atoms with E-state index < -0.39 is 29.0 Å². The fourth-order valence-electron chi connectivity index (χ4n) is 3.86. The number of aliphatic hydroxyl groups is 1. The summed E-state index contributed by atoms with van der Waals surface area (Å²) in [7, 11) is 0. The molecule has 0 spiro atoms. The third-order valence-electron chi connectivity index (χ3n) is 5.52. The van der Waals surface area contributed by atoms with Gasteiger partial charge in [0.05, 0.1) is 5.56 Å². The van der Waals surface area contributed by atoms with E-state index in [4.69, 9.17) is 27.9 Å². The number of hydrogen-bond donors (Lipinski definition) is 2. The SMILES string of the molecule is CC(c1ccc(Oc2ccccc2C(=O)O)cc1Cl)C1(O)c2ccnc(Cl)c2C1(F)F. The predicted molar refractivity (Wildman–Crippen MR) is 110 cm³/mol. The third-order valence-corrected chi connectivity index (χ3v) is 6.13. The first kappa shape index (κ1) is 21.5. The van der Waals surface area contributed by atoms with Crippen molar-refractivity contribution in [2.24, 2.45) is 0 Å². The normalized spacial score (nSPS) is 19.8. The van der Waals surface area contributed by atoms with Crippen molar-refractivity contribution in [3.8, 4) is 11.5 Å². The minimum absolute atomic E-state index is 0.00298. The summed E-state index contributed by atoms with van der Waals surface area (Å²) in [6, 6.07) is 11.7. The van der Waals surface area contributed by atoms with Gasteiger partial charge in [-0.1, -0.05) is 48.3 Å². The van der Waals surface area contributed by atoms with Gasteiger partial charge in [-0.3, -0.25) is 0 Å². The average Bonchev–Trinajstić information content (AvgIpc) is 2.72. The molecule has 1 aromatic heterocycles. The largest absolute Gasteiger partial charge is 0.478 e. The first-order valence-electron chi connectivity index (χ1n) is 9.14. The van der Waals surface area contributed by atoms with Crippen LogP contribution in [0.25, 0.3) is 0 Å². The lowest BCUT2D eigenvalue weighted by molar-refractivity contribution is -0.236. The van der Waals surface area contributed by atoms with Gasteiger partial charge >= 0.3 is 11.9 Å². The van der Waals surface area contributed by atoms with Crippen LogP contribution in [0, 0.1) is 0 Å². The Morgan fingerprint density at radius 2 is 1.87 bits per heavy atom. The van der Waals surface area contributed by atoms with Crippen LogP contribution in [-0.4, -0.2) is 21.2 Å². The van der Waals surface area contributed by atoms with E-state index in [1.54, 1.807) is 12.1 Å². The Morgan fingerprint density at radius 3 is 2.55 bits per heavy atom. The Labute approximate surface area is 185 Å². The van der Waals surface area contributed by atoms with Crippen LogP contribution in [0.15, 0.2) is 54.7 Å². The number of pyridine rings is 1. The fourth-order valence-corrected chi connectivity index (χ4v) is 4.47. The lowest BCUT2D eigenvalue weighted by atomic mass is 9.62. The van der Waals surface area contributed by atoms with Gasteiger partial charge < -0.3 is 14.9 Å². The van der Waals surface area contributed by atoms with Crippen molar-refractivity contribution in [3.05, 3.63) is 87.2 Å². The highest BCUT2D eigenvalue weighted by molar-refractivity contribution is 6.31. The highest BCUT2D eigenvalue weighted by Gasteiger charge is 2.69. The Hall–Kier alpha value is -2.74. The second-order valence-corrected chi connectivity index (χ2v) is 7.94. The molecule has 1 aliphatic rings. The standard InChI is InChI=1S/C22H15Cl2F2NO4/c1-11(21(30)15-8-9-27-19(24)18(15)22(21,25)26)13-7-6-12(10-16(13)23)31-17-5-3-2-4-14(17)20(28)29/h2-11,30H,1H3,(H,28,29). The smallest absolute Gasteiger partial charge is 0.339 e. The van der Waals surface area contributed by atoms with Gasteiger partial charge in [0, 0.05) is 22.7 Å². The summed E-state index contributed by atoms with van der Waals surface area (Å²) in [6.07, 6.45) is 1.26. The summed E-state index contributed by atoms with van der Waals surface area (Å²) in [5.41, 5.74) is -2.79. The number of carboxylic acids is 1. The van der Waals surface area contributed by atoms with E-state index in [9.17, 15) is 23.8 Å². The number of halogens is 4. The van der Waals surface area contributed by atoms with E-state index in [0.717, 1.165) is 0 Å². The molecule has 2 N–H and O–H groups in total. The number of hydrogen-bond acceptors (Lipinski definition) is 4. The van der Waals surface area contributed by atoms with Crippen molar-refractivity contribution >= 4 is 29.2 Å². The van der Waals surface area contributed by atoms with Crippen LogP contribution in [-0.2, 0) is 11.5 Å². The number of aromatic nitrogens is 1. The highest BCUT2D eigenvalue weighted by atomic mass is 35.5. The maximum Gasteiger partial charge on any atom is 0.339 e. The molecule has 3 aromatic rings. The lowest BCUT2D eigenvalue weighted by Gasteiger charge is -2.50. The van der Waals surface area contributed by atoms with E-state index in [1.807, 2.05) is 0 Å². The molecule has 1 heterocycles. The number of fused-ring (bicyclic) bond motifs is 1. The van der Waals surface area contributed by atoms with E-state index in [2.05, 4.69) is 4.98 Å². The van der Waals surface area contributed by atoms with Crippen LogP contribution in [0.2, 0.25) is 10.2 Å². The van der Waals surface area contributed by atoms with Crippen molar-refractivity contribution in [2.75, 3.05) is 0 Å². The molecule has 2 unspecified atom stereocenters. The number of rotatable bonds is 5. The number of aromatic carboxylic acids is 1. The molecule has 0 fully saturated rings. The van der Waals surface area contributed by atoms with Crippen LogP contribution in [0.4, 0.5) is 8.78 Å². The van der Waals surface area contributed by atoms with Crippen LogP contribution >= 0.6 is 23.2 Å². The second-order valence-electron chi connectivity index (χ2n) is 7.17. The number of nitrogens with zero attached hydrogens (tertiary/aromatic N) is 1. The average molecular weight is 466 g/mol. The summed E-state index contributed by atoms with van der Waals surface area (Å²) >= 11 is 12.1. The van der Waals surface area contributed by atoms with Gasteiger partial charge in [-0.15, -0.1) is 0 Å². The van der Waals surface area contributed by atoms with E-state index in [0.29, 0.717) is 0 Å². The maximum atomic E-state index is 14.9. The molecule has 0 radical (unpaired) electrons. The number of ether oxygens (including phenoxy) is 1. The van der Waals surface area contributed by atoms with Crippen molar-refractivity contribution in [1.29, 1.82) is 0 Å². The van der Waals surface area contributed by atoms with Gasteiger partial charge in [0.1, 0.15) is 22.2 Å². The molecule has 0 saturated heterocycles. The van der Waals surface area contributed by atoms with Crippen LogP contribution in [0.1, 0.15) is 39.9 Å². The predicted octanol–water partition coefficient (Wildman–Crippen LogP) is 5.98. The van der Waals surface area contributed by atoms with Crippen LogP contribution in [0.3, 0.4) is 0 Å². The van der Waals surface area contributed by atoms with Crippen molar-refractivity contribution < 1.29 is 28.5 Å². The molecular weight excluding hydrogens is 451 g/mol. The number of para-hydroxylation sites is 1. The molecule has 5 nitrogen and oxygen atoms in total. The zero-order valence-corrected chi connectivity index (χ0v) is 17.5. The van der Waals surface area contributed by atoms with E-state index >= 15 is 0 Å². The van der Waals surface area contributed by atoms with Gasteiger partial charge in [-0.05, 0) is 35.9 Å². The summed E-state index contributed by atoms with van der Waals surface area (Å²) in [6.45, 7) is 1.44. The van der Waals surface area contributed by atoms with Gasteiger partial charge in [0.2, 0.25) is 0 Å². The molecule has 0 bridgehead atoms. The van der Waals surface area contributed by atoms with Gasteiger partial charge in [-0.25, -0.2) is 9.78 Å². The molecule has 4 rings (SSSR count). The quantitative estimate of drug-likeness (QED) is 0.453. The first-order chi connectivity index (χ1) is 14.6. The van der Waals surface area contributed by atoms with Crippen LogP contribution in [0.5, 0.6) is 11.5 Å². The highest BCUT2D eigenvalue weighted by Crippen LogP contribution is 2.64. The van der Waals surface area contributed by atoms with Crippen molar-refractivity contribution in [2.45, 2.75) is 24.4 Å². The zero-order chi connectivity index (χ0) is 22.6. The first-order valence-corrected chi connectivity index (χ1v) is 9.90. The molecule has 160 valence electrons. The Bertz CT molecular complexity index is 1200. The number of carbonyl (C=O) groups is 1. The summed E-state index contributed by atoms with van der Waals surface area (Å²) in [4.78, 5) is 15.0. The van der Waals surface area contributed by atoms with E-state index in [1.165, 1.54) is 49.5 Å². The van der Waals surface area contributed by atoms with Gasteiger partial charge in [0.25, 0.3) is 0 Å². The molecule has 0 saturated carbocycles. The van der Waals surface area contributed by atoms with Gasteiger partial charge in [-0.2, -0.15) is 8.78 Å². The zero-order valence-electron chi connectivity index (χ0n) is 15.9. The van der Waals surface area contributed by atoms with Crippen molar-refractivity contribution in [1.82, 2.24) is 4.98 Å². The minimum atomic E-state index is -3.62. The molecule has 0 aliphatic heterocycles. The summed E-state index contributed by atoms with van der Waals surface area (Å²) in [5.74, 6) is -5.55. The molecule has 0 amide bonds. The Morgan fingerprint density at radius 1 is 1.16 bits per heavy atom. The molecular formula is C22H15Cl2F2NO4. The lowest BCUT2D eigenvalue weighted by Crippen LogP contribution is -2.56. The number of carboxylic acid groups (broad SMARTS) is 1. The second kappa shape index (κ2) is 7.44. The monoisotopic (exact) mass is 465 g/mol. The third kappa shape index (κ3) is 3.15. The Kier molecular flexibility index (Phi) is 5.16. The molecule has 1 aliphatic carbocycles. The van der Waals surface area contributed by atoms with Gasteiger partial charge in [0.15, 0.2) is 5.60 Å². The molecule has 2 atom stereocenters. The fraction of sp³-hybridized carbons (Fsp3) is 0.182. The summed E-state index contributed by atoms with van der Waals surface area (Å²) < 4.78 is 35.4. The van der Waals surface area contributed by atoms with Crippen molar-refractivity contribution in [3.63, 3.8) is 0 Å².